The minimum absolute atomic E-state index is 0.0453. The molecule has 4 aromatic heterocycles. The zero-order valence-electron chi connectivity index (χ0n) is 91.2. The fourth-order valence-electron chi connectivity index (χ4n) is 20.9. The number of nitrogens with zero attached hydrogens (tertiary/aromatic N) is 4. The van der Waals surface area contributed by atoms with E-state index in [1.165, 1.54) is 87.7 Å². The number of pyridine rings is 4. The summed E-state index contributed by atoms with van der Waals surface area (Å²) in [7, 11) is 2.19. The molecule has 0 atom stereocenters. The average molecular weight is 1880 g/mol. The van der Waals surface area contributed by atoms with Crippen LogP contribution in [0.3, 0.4) is 0 Å². The van der Waals surface area contributed by atoms with Crippen LogP contribution in [0, 0.1) is 51.0 Å². The van der Waals surface area contributed by atoms with E-state index in [1.54, 1.807) is 5.19 Å². The van der Waals surface area contributed by atoms with E-state index in [-0.39, 0.29) is 66.6 Å². The molecule has 134 heavy (non-hydrogen) atoms. The molecular formula is C122H168F4N4Si4+4. The molecule has 0 aliphatic rings. The number of halogens is 4. The van der Waals surface area contributed by atoms with E-state index in [2.05, 4.69) is 497 Å². The SMILES string of the molecule is CC[Si](CC)(CC)c1ccc2c(-c3cc(C(C)(C)C)c(F)c(C(C)(C)C)c3C)[n+](C)ccc2c1.Cc1c(-c2c3ccc([Si](C)(C)C(C)C)cc3cc[n+]2C)cc(C(C)(C)C)c(F)c1C(C)(C)C.Cc1c(-c2c3ccc([Si](C)(C)C)cc3cc[n+]2C)cc(C(C)(C)C)c(F)c1C(C)(C)C.Cc1c(-c2c3ccc([Si](C)(C)c4ccccc4)cc3cc[n+]2C)cc(C(C)(C)C)c(F)c1C(C)(C)C. The molecular weight excluding hydrogens is 1710 g/mol. The van der Waals surface area contributed by atoms with Crippen molar-refractivity contribution in [1.82, 2.24) is 0 Å². The van der Waals surface area contributed by atoms with Crippen LogP contribution in [0.25, 0.3) is 88.1 Å². The van der Waals surface area contributed by atoms with Crippen molar-refractivity contribution in [1.29, 1.82) is 0 Å². The standard InChI is InChI=1S/C33H41FNSi.C31H45FNSi.C30H43FNSi.C28H39FNSi/c1-22-27(21-28(32(2,3)4)30(34)29(22)33(5,6)7)31-26-17-16-25(20-23(26)18-19-35(31)8)36(9,10)24-14-12-11-13-15-24;1-12-34(13-2,14-3)23-15-16-24-22(19-23)17-18-33(11)29(24)25-20-26(30(5,6)7)28(32)27(21(25)4)31(8,9)10;1-19(2)33(11,12)22-13-14-23-21(17-22)15-16-32(10)28(23)24-18-25(29(4,5)6)27(31)26(20(24)3)30(7,8)9;1-18-22(17-23(27(2,3)4)25(29)24(18)28(5,6)7)26-21-13-12-20(31(9,10)11)16-19(21)14-15-30(26)8/h11-21H,1-10H3;15-20H,12-14H2,1-11H3;13-19H,1-12H3;12-17H,1-11H3/q4*+1. The van der Waals surface area contributed by atoms with E-state index in [0.717, 1.165) is 106 Å². The van der Waals surface area contributed by atoms with Gasteiger partial charge in [-0.05, 0) is 213 Å². The van der Waals surface area contributed by atoms with Gasteiger partial charge in [0.15, 0.2) is 24.8 Å². The molecule has 716 valence electrons. The van der Waals surface area contributed by atoms with E-state index in [1.807, 2.05) is 0 Å². The van der Waals surface area contributed by atoms with Gasteiger partial charge in [-0.15, -0.1) is 0 Å². The lowest BCUT2D eigenvalue weighted by molar-refractivity contribution is -0.659. The molecule has 0 spiro atoms. The molecule has 0 radical (unpaired) electrons. The molecule has 0 aliphatic carbocycles. The molecule has 4 nitrogen and oxygen atoms in total. The smallest absolute Gasteiger partial charge is 0.206 e. The Morgan fingerprint density at radius 2 is 0.507 bits per heavy atom. The van der Waals surface area contributed by atoms with Gasteiger partial charge in [0.05, 0.1) is 68.0 Å². The zero-order valence-corrected chi connectivity index (χ0v) is 95.2. The number of hydrogen-bond acceptors (Lipinski definition) is 0. The van der Waals surface area contributed by atoms with Gasteiger partial charge in [-0.3, -0.25) is 0 Å². The summed E-state index contributed by atoms with van der Waals surface area (Å²) in [6, 6.07) is 60.2. The fourth-order valence-corrected chi connectivity index (χ4v) is 29.7. The number of rotatable bonds is 13. The van der Waals surface area contributed by atoms with Gasteiger partial charge in [-0.1, -0.05) is 370 Å². The molecule has 0 bridgehead atoms. The molecule has 0 fully saturated rings. The summed E-state index contributed by atoms with van der Waals surface area (Å²) in [6.07, 6.45) is 8.61. The van der Waals surface area contributed by atoms with E-state index >= 15 is 17.6 Å². The van der Waals surface area contributed by atoms with Crippen LogP contribution in [-0.4, -0.2) is 32.3 Å². The van der Waals surface area contributed by atoms with Crippen LogP contribution < -0.4 is 44.2 Å². The third-order valence-corrected chi connectivity index (χ3v) is 45.7. The Balaban J connectivity index is 0.000000185. The molecule has 12 heteroatoms. The number of hydrogen-bond donors (Lipinski definition) is 0. The first kappa shape index (κ1) is 107. The van der Waals surface area contributed by atoms with E-state index in [4.69, 9.17) is 0 Å². The lowest BCUT2D eigenvalue weighted by Gasteiger charge is -2.30. The first-order valence-corrected chi connectivity index (χ1v) is 61.7. The van der Waals surface area contributed by atoms with Crippen molar-refractivity contribution in [2.24, 2.45) is 28.2 Å². The summed E-state index contributed by atoms with van der Waals surface area (Å²) in [5.74, 6) is -0.204. The highest BCUT2D eigenvalue weighted by atomic mass is 28.3. The Kier molecular flexibility index (Phi) is 30.8. The van der Waals surface area contributed by atoms with Crippen molar-refractivity contribution in [2.75, 3.05) is 0 Å². The lowest BCUT2D eigenvalue weighted by atomic mass is 9.75. The number of fused-ring (bicyclic) bond motifs is 4. The highest BCUT2D eigenvalue weighted by Crippen LogP contribution is 2.47. The van der Waals surface area contributed by atoms with Gasteiger partial charge in [0, 0.05) is 24.3 Å². The highest BCUT2D eigenvalue weighted by molar-refractivity contribution is 7.00. The van der Waals surface area contributed by atoms with E-state index in [0.29, 0.717) is 5.54 Å². The minimum atomic E-state index is -1.83. The summed E-state index contributed by atoms with van der Waals surface area (Å²) < 4.78 is 72.4. The fraction of sp³-hybridized carbons (Fsp3) is 0.459. The maximum atomic E-state index is 16.0. The second-order valence-electron chi connectivity index (χ2n) is 49.9. The maximum Gasteiger partial charge on any atom is 0.220 e. The summed E-state index contributed by atoms with van der Waals surface area (Å²) >= 11 is 0. The number of benzene rings is 9. The van der Waals surface area contributed by atoms with Crippen LogP contribution >= 0.6 is 0 Å². The van der Waals surface area contributed by atoms with Gasteiger partial charge < -0.3 is 0 Å². The molecule has 0 N–H and O–H groups in total. The molecule has 13 aromatic rings. The van der Waals surface area contributed by atoms with E-state index in [9.17, 15) is 0 Å². The van der Waals surface area contributed by atoms with E-state index < -0.39 is 32.3 Å². The topological polar surface area (TPSA) is 15.5 Å². The predicted molar refractivity (Wildman–Crippen MR) is 586 cm³/mol. The molecule has 0 amide bonds. The second-order valence-corrected chi connectivity index (χ2v) is 69.8. The van der Waals surface area contributed by atoms with Gasteiger partial charge >= 0.3 is 0 Å². The van der Waals surface area contributed by atoms with Crippen molar-refractivity contribution in [3.8, 4) is 45.0 Å². The van der Waals surface area contributed by atoms with Crippen molar-refractivity contribution in [3.05, 3.63) is 266 Å². The first-order valence-electron chi connectivity index (χ1n) is 49.5. The van der Waals surface area contributed by atoms with Crippen LogP contribution in [0.1, 0.15) is 268 Å². The molecule has 0 saturated heterocycles. The Hall–Kier alpha value is -8.79. The maximum absolute atomic E-state index is 16.0. The monoisotopic (exact) mass is 1880 g/mol. The third-order valence-electron chi connectivity index (χ3n) is 29.8. The van der Waals surface area contributed by atoms with Crippen molar-refractivity contribution >= 4 is 101 Å². The van der Waals surface area contributed by atoms with Crippen LogP contribution in [0.5, 0.6) is 0 Å². The molecule has 0 unspecified atom stereocenters. The number of aromatic nitrogens is 4. The first-order chi connectivity index (χ1) is 61.4. The van der Waals surface area contributed by atoms with Gasteiger partial charge in [-0.2, -0.15) is 0 Å². The number of aryl methyl sites for hydroxylation is 4. The zero-order chi connectivity index (χ0) is 101. The van der Waals surface area contributed by atoms with Crippen LogP contribution in [0.4, 0.5) is 17.6 Å². The van der Waals surface area contributed by atoms with Crippen LogP contribution in [0.2, 0.25) is 69.5 Å². The van der Waals surface area contributed by atoms with Gasteiger partial charge in [0.1, 0.15) is 59.5 Å². The summed E-state index contributed by atoms with van der Waals surface area (Å²) in [5, 5.41) is 17.3. The Morgan fingerprint density at radius 1 is 0.276 bits per heavy atom. The lowest BCUT2D eigenvalue weighted by Crippen LogP contribution is -2.52. The molecule has 4 heterocycles. The summed E-state index contributed by atoms with van der Waals surface area (Å²) in [4.78, 5) is 0. The van der Waals surface area contributed by atoms with Gasteiger partial charge in [0.2, 0.25) is 22.8 Å². The molecule has 13 rings (SSSR count). The summed E-state index contributed by atoms with van der Waals surface area (Å²) in [5.41, 5.74) is 18.1. The third kappa shape index (κ3) is 21.6. The van der Waals surface area contributed by atoms with Crippen molar-refractivity contribution in [2.45, 2.75) is 341 Å². The molecule has 0 aliphatic heterocycles. The largest absolute Gasteiger partial charge is 0.220 e. The average Bonchev–Trinajstić information content (AvgIpc) is 0.748. The van der Waals surface area contributed by atoms with Crippen LogP contribution in [-0.2, 0) is 71.5 Å². The van der Waals surface area contributed by atoms with Crippen molar-refractivity contribution < 1.29 is 35.8 Å². The second kappa shape index (κ2) is 38.5. The normalized spacial score (nSPS) is 13.1. The molecule has 0 saturated carbocycles. The Morgan fingerprint density at radius 3 is 0.746 bits per heavy atom. The van der Waals surface area contributed by atoms with Gasteiger partial charge in [-0.25, -0.2) is 35.8 Å². The Labute approximate surface area is 812 Å². The highest BCUT2D eigenvalue weighted by Gasteiger charge is 2.41. The molecule has 9 aromatic carbocycles. The quantitative estimate of drug-likeness (QED) is 0.0621. The minimum Gasteiger partial charge on any atom is -0.206 e. The van der Waals surface area contributed by atoms with Gasteiger partial charge in [0.25, 0.3) is 0 Å². The predicted octanol–water partition coefficient (Wildman–Crippen LogP) is 29.9. The van der Waals surface area contributed by atoms with Crippen molar-refractivity contribution in [3.63, 3.8) is 0 Å². The van der Waals surface area contributed by atoms with Crippen LogP contribution in [0.15, 0.2) is 176 Å². The Bertz CT molecular complexity index is 6590. The summed E-state index contributed by atoms with van der Waals surface area (Å²) in [6.45, 7) is 87.6.